The quantitative estimate of drug-likeness (QED) is 0.629. The summed E-state index contributed by atoms with van der Waals surface area (Å²) in [4.78, 5) is 12.7. The molecule has 0 aliphatic heterocycles. The zero-order chi connectivity index (χ0) is 8.72. The minimum Gasteiger partial charge on any atom is -0.294 e. The number of carbonyl (C=O) groups excluding carboxylic acids is 1. The van der Waals surface area contributed by atoms with Crippen molar-refractivity contribution in [2.45, 2.75) is 19.8 Å². The number of hydrogen-bond acceptors (Lipinski definition) is 2. The molecule has 2 rings (SSSR count). The maximum atomic E-state index is 11.6. The summed E-state index contributed by atoms with van der Waals surface area (Å²) >= 11 is 7.37. The molecular formula is C9H9ClOS. The Hall–Kier alpha value is -0.340. The molecule has 1 nitrogen and oxygen atoms in total. The minimum absolute atomic E-state index is 0.183. The fraction of sp³-hybridized carbons (Fsp3) is 0.444. The Balaban J connectivity index is 2.48. The molecule has 0 spiro atoms. The van der Waals surface area contributed by atoms with E-state index in [4.69, 9.17) is 11.6 Å². The number of hydrogen-bond donors (Lipinski definition) is 0. The molecule has 1 aromatic heterocycles. The molecule has 0 aromatic carbocycles. The second-order valence-corrected chi connectivity index (χ2v) is 4.96. The van der Waals surface area contributed by atoms with E-state index >= 15 is 0 Å². The van der Waals surface area contributed by atoms with E-state index in [1.54, 1.807) is 17.4 Å². The molecule has 1 heterocycles. The van der Waals surface area contributed by atoms with E-state index in [0.717, 1.165) is 22.7 Å². The number of ketones is 1. The van der Waals surface area contributed by atoms with Gasteiger partial charge in [0.25, 0.3) is 0 Å². The predicted molar refractivity (Wildman–Crippen MR) is 51.1 cm³/mol. The standard InChI is InChI=1S/C9H9ClOS/c1-5-2-3-7-6(9(5)11)4-8(10)12-7/h4-5H,2-3H2,1H3. The Bertz CT molecular complexity index is 329. The molecule has 1 aliphatic rings. The third-order valence-electron chi connectivity index (χ3n) is 2.30. The highest BCUT2D eigenvalue weighted by Crippen LogP contribution is 2.34. The third-order valence-corrected chi connectivity index (χ3v) is 3.62. The van der Waals surface area contributed by atoms with Crippen LogP contribution in [-0.2, 0) is 6.42 Å². The van der Waals surface area contributed by atoms with Gasteiger partial charge in [0.15, 0.2) is 5.78 Å². The first-order chi connectivity index (χ1) is 5.68. The van der Waals surface area contributed by atoms with E-state index in [9.17, 15) is 4.79 Å². The van der Waals surface area contributed by atoms with Gasteiger partial charge in [-0.2, -0.15) is 0 Å². The predicted octanol–water partition coefficient (Wildman–Crippen LogP) is 3.17. The van der Waals surface area contributed by atoms with Gasteiger partial charge >= 0.3 is 0 Å². The van der Waals surface area contributed by atoms with Crippen LogP contribution in [-0.4, -0.2) is 5.78 Å². The van der Waals surface area contributed by atoms with Crippen molar-refractivity contribution in [3.63, 3.8) is 0 Å². The summed E-state index contributed by atoms with van der Waals surface area (Å²) in [5.74, 6) is 0.447. The van der Waals surface area contributed by atoms with Crippen LogP contribution in [0.15, 0.2) is 6.07 Å². The third kappa shape index (κ3) is 1.19. The second kappa shape index (κ2) is 2.86. The normalized spacial score (nSPS) is 22.5. The molecule has 0 saturated heterocycles. The Morgan fingerprint density at radius 2 is 2.42 bits per heavy atom. The van der Waals surface area contributed by atoms with Gasteiger partial charge in [-0.1, -0.05) is 18.5 Å². The number of rotatable bonds is 0. The van der Waals surface area contributed by atoms with Crippen LogP contribution in [0.1, 0.15) is 28.6 Å². The number of thiophene rings is 1. The Kier molecular flexibility index (Phi) is 1.97. The maximum Gasteiger partial charge on any atom is 0.166 e. The molecular weight excluding hydrogens is 192 g/mol. The highest BCUT2D eigenvalue weighted by Gasteiger charge is 2.25. The SMILES string of the molecule is CC1CCc2sc(Cl)cc2C1=O. The first-order valence-electron chi connectivity index (χ1n) is 4.01. The lowest BCUT2D eigenvalue weighted by molar-refractivity contribution is 0.0915. The molecule has 12 heavy (non-hydrogen) atoms. The molecule has 0 amide bonds. The van der Waals surface area contributed by atoms with Crippen LogP contribution < -0.4 is 0 Å². The van der Waals surface area contributed by atoms with Crippen LogP contribution in [0.3, 0.4) is 0 Å². The number of halogens is 1. The van der Waals surface area contributed by atoms with Crippen molar-refractivity contribution < 1.29 is 4.79 Å². The molecule has 0 fully saturated rings. The molecule has 1 aliphatic carbocycles. The number of carbonyl (C=O) groups is 1. The fourth-order valence-electron chi connectivity index (χ4n) is 1.53. The van der Waals surface area contributed by atoms with E-state index in [-0.39, 0.29) is 11.7 Å². The van der Waals surface area contributed by atoms with Gasteiger partial charge in [-0.25, -0.2) is 0 Å². The Labute approximate surface area is 80.4 Å². The Morgan fingerprint density at radius 1 is 1.67 bits per heavy atom. The summed E-state index contributed by atoms with van der Waals surface area (Å²) in [6.45, 7) is 1.98. The lowest BCUT2D eigenvalue weighted by Crippen LogP contribution is -2.17. The van der Waals surface area contributed by atoms with Gasteiger partial charge in [0, 0.05) is 16.4 Å². The van der Waals surface area contributed by atoms with Gasteiger partial charge in [0.2, 0.25) is 0 Å². The van der Waals surface area contributed by atoms with Gasteiger partial charge in [-0.05, 0) is 18.9 Å². The van der Waals surface area contributed by atoms with Gasteiger partial charge in [0.1, 0.15) is 0 Å². The topological polar surface area (TPSA) is 17.1 Å². The number of aryl methyl sites for hydroxylation is 1. The van der Waals surface area contributed by atoms with Crippen molar-refractivity contribution in [1.82, 2.24) is 0 Å². The smallest absolute Gasteiger partial charge is 0.166 e. The zero-order valence-corrected chi connectivity index (χ0v) is 8.34. The van der Waals surface area contributed by atoms with Gasteiger partial charge < -0.3 is 0 Å². The summed E-state index contributed by atoms with van der Waals surface area (Å²) in [7, 11) is 0. The highest BCUT2D eigenvalue weighted by molar-refractivity contribution is 7.16. The minimum atomic E-state index is 0.183. The van der Waals surface area contributed by atoms with Crippen molar-refractivity contribution in [3.05, 3.63) is 20.8 Å². The van der Waals surface area contributed by atoms with Crippen LogP contribution in [0.5, 0.6) is 0 Å². The van der Waals surface area contributed by atoms with Gasteiger partial charge in [-0.15, -0.1) is 11.3 Å². The maximum absolute atomic E-state index is 11.6. The van der Waals surface area contributed by atoms with Crippen molar-refractivity contribution in [3.8, 4) is 0 Å². The fourth-order valence-corrected chi connectivity index (χ4v) is 2.82. The number of fused-ring (bicyclic) bond motifs is 1. The zero-order valence-electron chi connectivity index (χ0n) is 6.76. The summed E-state index contributed by atoms with van der Waals surface area (Å²) in [6, 6.07) is 1.81. The lowest BCUT2D eigenvalue weighted by Gasteiger charge is -2.15. The summed E-state index contributed by atoms with van der Waals surface area (Å²) in [6.07, 6.45) is 1.99. The molecule has 1 aromatic rings. The van der Waals surface area contributed by atoms with Gasteiger partial charge in [0.05, 0.1) is 4.34 Å². The average Bonchev–Trinajstić information content (AvgIpc) is 2.39. The molecule has 0 bridgehead atoms. The molecule has 1 atom stereocenters. The molecule has 64 valence electrons. The summed E-state index contributed by atoms with van der Waals surface area (Å²) in [5.41, 5.74) is 0.865. The molecule has 0 radical (unpaired) electrons. The summed E-state index contributed by atoms with van der Waals surface area (Å²) in [5, 5.41) is 0. The number of Topliss-reactive ketones (excluding diaryl/α,β-unsaturated/α-hetero) is 1. The van der Waals surface area contributed by atoms with Crippen LogP contribution in [0.2, 0.25) is 4.34 Å². The average molecular weight is 201 g/mol. The van der Waals surface area contributed by atoms with Crippen LogP contribution >= 0.6 is 22.9 Å². The van der Waals surface area contributed by atoms with Crippen molar-refractivity contribution >= 4 is 28.7 Å². The molecule has 0 N–H and O–H groups in total. The first kappa shape index (κ1) is 8.27. The van der Waals surface area contributed by atoms with E-state index in [1.165, 1.54) is 4.88 Å². The van der Waals surface area contributed by atoms with E-state index in [2.05, 4.69) is 0 Å². The Morgan fingerprint density at radius 3 is 3.17 bits per heavy atom. The lowest BCUT2D eigenvalue weighted by atomic mass is 9.89. The van der Waals surface area contributed by atoms with Crippen molar-refractivity contribution in [1.29, 1.82) is 0 Å². The van der Waals surface area contributed by atoms with Crippen molar-refractivity contribution in [2.75, 3.05) is 0 Å². The van der Waals surface area contributed by atoms with Crippen molar-refractivity contribution in [2.24, 2.45) is 5.92 Å². The molecule has 0 saturated carbocycles. The monoisotopic (exact) mass is 200 g/mol. The van der Waals surface area contributed by atoms with Crippen LogP contribution in [0, 0.1) is 5.92 Å². The highest BCUT2D eigenvalue weighted by atomic mass is 35.5. The van der Waals surface area contributed by atoms with Gasteiger partial charge in [-0.3, -0.25) is 4.79 Å². The van der Waals surface area contributed by atoms with E-state index in [1.807, 2.05) is 6.92 Å². The summed E-state index contributed by atoms with van der Waals surface area (Å²) < 4.78 is 0.738. The largest absolute Gasteiger partial charge is 0.294 e. The molecule has 1 unspecified atom stereocenters. The van der Waals surface area contributed by atoms with E-state index in [0.29, 0.717) is 0 Å². The van der Waals surface area contributed by atoms with E-state index < -0.39 is 0 Å². The first-order valence-corrected chi connectivity index (χ1v) is 5.20. The second-order valence-electron chi connectivity index (χ2n) is 3.19. The van der Waals surface area contributed by atoms with Crippen LogP contribution in [0.4, 0.5) is 0 Å². The molecule has 3 heteroatoms. The van der Waals surface area contributed by atoms with Crippen LogP contribution in [0.25, 0.3) is 0 Å².